The minimum atomic E-state index is -2.94. The van der Waals surface area contributed by atoms with Crippen LogP contribution in [0.1, 0.15) is 6.85 Å². The van der Waals surface area contributed by atoms with Gasteiger partial charge in [0.2, 0.25) is 0 Å². The summed E-state index contributed by atoms with van der Waals surface area (Å²) in [6, 6.07) is 70.2. The quantitative estimate of drug-likeness (QED) is 0.114. The Balaban J connectivity index is 1.27. The van der Waals surface area contributed by atoms with Crippen LogP contribution in [0.25, 0.3) is 33.5 Å². The number of hydrogen-bond acceptors (Lipinski definition) is 2. The van der Waals surface area contributed by atoms with Crippen LogP contribution in [-0.4, -0.2) is 19.9 Å². The Morgan fingerprint density at radius 3 is 1.63 bits per heavy atom. The number of fused-ring (bicyclic) bond motifs is 3. The van der Waals surface area contributed by atoms with Crippen molar-refractivity contribution in [2.75, 3.05) is 4.81 Å². The van der Waals surface area contributed by atoms with Gasteiger partial charge in [-0.1, -0.05) is 224 Å². The average Bonchev–Trinajstić information content (AvgIpc) is 3.34. The Labute approximate surface area is 343 Å². The van der Waals surface area contributed by atoms with E-state index < -0.39 is 14.1 Å². The molecule has 8 aromatic carbocycles. The first-order valence-electron chi connectivity index (χ1n) is 21.8. The third kappa shape index (κ3) is 6.12. The molecule has 10 rings (SSSR count). The molecule has 0 bridgehead atoms. The van der Waals surface area contributed by atoms with Gasteiger partial charge in [0, 0.05) is 16.8 Å². The Bertz CT molecular complexity index is 2970. The maximum absolute atomic E-state index is 9.15. The van der Waals surface area contributed by atoms with Crippen molar-refractivity contribution >= 4 is 58.1 Å². The average molecular weight is 748 g/mol. The fraction of sp³-hybridized carbons (Fsp3) is 0. The van der Waals surface area contributed by atoms with Crippen molar-refractivity contribution in [1.82, 2.24) is 4.98 Å². The monoisotopic (exact) mass is 747 g/mol. The van der Waals surface area contributed by atoms with Gasteiger partial charge in [0.05, 0.1) is 12.5 Å². The normalized spacial score (nSPS) is 13.4. The van der Waals surface area contributed by atoms with Crippen LogP contribution in [0.3, 0.4) is 0 Å². The van der Waals surface area contributed by atoms with E-state index in [9.17, 15) is 0 Å². The van der Waals surface area contributed by atoms with E-state index in [4.69, 9.17) is 11.8 Å². The molecule has 0 saturated heterocycles. The van der Waals surface area contributed by atoms with Gasteiger partial charge in [-0.3, -0.25) is 0 Å². The van der Waals surface area contributed by atoms with Gasteiger partial charge in [-0.15, -0.1) is 0 Å². The molecule has 9 aromatic rings. The summed E-state index contributed by atoms with van der Waals surface area (Å²) in [4.78, 5) is 7.80. The lowest BCUT2D eigenvalue weighted by molar-refractivity contribution is 1.23. The van der Waals surface area contributed by atoms with E-state index in [1.807, 2.05) is 42.5 Å². The zero-order chi connectivity index (χ0) is 42.4. The molecule has 268 valence electrons. The molecule has 0 saturated carbocycles. The highest BCUT2D eigenvalue weighted by Gasteiger charge is 2.42. The van der Waals surface area contributed by atoms with Crippen molar-refractivity contribution in [3.63, 3.8) is 0 Å². The van der Waals surface area contributed by atoms with Crippen molar-refractivity contribution in [2.45, 2.75) is 0 Å². The Morgan fingerprint density at radius 2 is 0.982 bits per heavy atom. The highest BCUT2D eigenvalue weighted by atomic mass is 28.3. The van der Waals surface area contributed by atoms with Gasteiger partial charge in [-0.05, 0) is 61.1 Å². The molecular formula is C53H39BN2Si. The largest absolute Gasteiger partial charge is 0.361 e. The molecule has 2 nitrogen and oxygen atoms in total. The topological polar surface area (TPSA) is 16.1 Å². The van der Waals surface area contributed by atoms with Crippen molar-refractivity contribution < 1.29 is 6.85 Å². The number of hydrogen-bond donors (Lipinski definition) is 0. The van der Waals surface area contributed by atoms with Gasteiger partial charge < -0.3 is 4.81 Å². The first-order valence-corrected chi connectivity index (χ1v) is 21.3. The predicted molar refractivity (Wildman–Crippen MR) is 244 cm³/mol. The molecule has 1 aliphatic rings. The number of para-hydroxylation sites is 1. The second-order valence-corrected chi connectivity index (χ2v) is 18.1. The summed E-state index contributed by atoms with van der Waals surface area (Å²) in [7, 11) is -2.94. The zero-order valence-corrected chi connectivity index (χ0v) is 32.1. The number of rotatable bonds is 8. The van der Waals surface area contributed by atoms with E-state index in [2.05, 4.69) is 169 Å². The van der Waals surface area contributed by atoms with Crippen LogP contribution < -0.4 is 36.5 Å². The van der Waals surface area contributed by atoms with E-state index in [1.54, 1.807) is 0 Å². The second kappa shape index (κ2) is 14.9. The van der Waals surface area contributed by atoms with Gasteiger partial charge in [0.25, 0.3) is 0 Å². The summed E-state index contributed by atoms with van der Waals surface area (Å²) >= 11 is 0. The third-order valence-electron chi connectivity index (χ3n) is 11.1. The van der Waals surface area contributed by atoms with Crippen molar-refractivity contribution in [3.8, 4) is 33.5 Å². The van der Waals surface area contributed by atoms with Gasteiger partial charge in [-0.25, -0.2) is 4.98 Å². The van der Waals surface area contributed by atoms with Crippen LogP contribution in [0.15, 0.2) is 236 Å². The van der Waals surface area contributed by atoms with Crippen LogP contribution in [-0.2, 0) is 0 Å². The number of aromatic nitrogens is 1. The van der Waals surface area contributed by atoms with E-state index in [0.717, 1.165) is 38.5 Å². The molecule has 2 heterocycles. The van der Waals surface area contributed by atoms with Crippen LogP contribution in [0.2, 0.25) is 0 Å². The minimum absolute atomic E-state index is 0.126. The van der Waals surface area contributed by atoms with Crippen molar-refractivity contribution in [1.29, 1.82) is 0 Å². The molecule has 1 aromatic heterocycles. The predicted octanol–water partition coefficient (Wildman–Crippen LogP) is 8.72. The van der Waals surface area contributed by atoms with E-state index in [0.29, 0.717) is 17.1 Å². The fourth-order valence-corrected chi connectivity index (χ4v) is 13.5. The maximum atomic E-state index is 9.15. The first-order chi connectivity index (χ1) is 30.4. The molecule has 0 aliphatic carbocycles. The van der Waals surface area contributed by atoms with Crippen LogP contribution in [0.5, 0.6) is 0 Å². The van der Waals surface area contributed by atoms with E-state index >= 15 is 0 Å². The van der Waals surface area contributed by atoms with Crippen molar-refractivity contribution in [2.24, 2.45) is 0 Å². The summed E-state index contributed by atoms with van der Waals surface area (Å²) in [6.07, 6.45) is 0. The molecule has 0 atom stereocenters. The first kappa shape index (κ1) is 29.3. The molecule has 0 fully saturated rings. The Hall–Kier alpha value is -7.01. The van der Waals surface area contributed by atoms with Crippen LogP contribution in [0, 0.1) is 0 Å². The highest BCUT2D eigenvalue weighted by molar-refractivity contribution is 7.19. The van der Waals surface area contributed by atoms with Gasteiger partial charge in [0.15, 0.2) is 8.07 Å². The number of pyridine rings is 1. The highest BCUT2D eigenvalue weighted by Crippen LogP contribution is 2.40. The summed E-state index contributed by atoms with van der Waals surface area (Å²) in [5.41, 5.74) is 7.39. The standard InChI is InChI=1S/C53H39BN2Si/c1-6-21-40(22-7-1)42-38-51(55-53(39-42)56-52-36-19-17-34-49(52)48-33-16-18-35-50(48)54(56)43-24-8-2-9-25-43)41-23-20-32-47(37-41)57(44-26-10-3-11-27-44,45-28-12-4-13-29-45)46-30-14-5-15-31-46/h1-39H/i1D,6D,7D,21D,22D. The number of benzene rings is 8. The third-order valence-corrected chi connectivity index (χ3v) is 15.9. The lowest BCUT2D eigenvalue weighted by atomic mass is 9.46. The molecule has 0 radical (unpaired) electrons. The molecular weight excluding hydrogens is 703 g/mol. The lowest BCUT2D eigenvalue weighted by Crippen LogP contribution is -2.74. The summed E-state index contributed by atoms with van der Waals surface area (Å²) in [5.74, 6) is 0.586. The summed E-state index contributed by atoms with van der Waals surface area (Å²) in [6.45, 7) is -0.293. The maximum Gasteiger partial charge on any atom is 0.330 e. The van der Waals surface area contributed by atoms with Crippen LogP contribution in [0.4, 0.5) is 11.5 Å². The molecule has 4 heteroatoms. The number of nitrogens with zero attached hydrogens (tertiary/aromatic N) is 2. The van der Waals surface area contributed by atoms with Crippen molar-refractivity contribution in [3.05, 3.63) is 236 Å². The molecule has 0 N–H and O–H groups in total. The SMILES string of the molecule is [2H]c1c([2H])c([2H])c(-c2cc(-c3cccc([Si](c4ccccc4)(c4ccccc4)c4ccccc4)c3)nc(N3B(c4ccccc4)c4ccccc4-c4ccccc43)c2)c([2H])c1[2H]. The zero-order valence-electron chi connectivity index (χ0n) is 36.1. The molecule has 0 unspecified atom stereocenters. The van der Waals surface area contributed by atoms with Gasteiger partial charge in [0.1, 0.15) is 5.82 Å². The van der Waals surface area contributed by atoms with Gasteiger partial charge in [-0.2, -0.15) is 0 Å². The molecule has 0 spiro atoms. The molecule has 0 amide bonds. The number of anilines is 2. The lowest BCUT2D eigenvalue weighted by Gasteiger charge is -2.38. The van der Waals surface area contributed by atoms with Gasteiger partial charge >= 0.3 is 6.85 Å². The Kier molecular flexibility index (Phi) is 7.67. The van der Waals surface area contributed by atoms with Crippen LogP contribution >= 0.6 is 0 Å². The summed E-state index contributed by atoms with van der Waals surface area (Å²) < 4.78 is 44.1. The minimum Gasteiger partial charge on any atom is -0.361 e. The summed E-state index contributed by atoms with van der Waals surface area (Å²) in [5, 5.41) is 4.88. The second-order valence-electron chi connectivity index (χ2n) is 14.3. The molecule has 57 heavy (non-hydrogen) atoms. The Morgan fingerprint density at radius 1 is 0.439 bits per heavy atom. The van der Waals surface area contributed by atoms with E-state index in [-0.39, 0.29) is 36.6 Å². The fourth-order valence-electron chi connectivity index (χ4n) is 8.69. The molecule has 1 aliphatic heterocycles. The van der Waals surface area contributed by atoms with E-state index in [1.165, 1.54) is 15.6 Å². The smallest absolute Gasteiger partial charge is 0.330 e.